The molecule has 0 amide bonds. The van der Waals surface area contributed by atoms with Crippen molar-refractivity contribution in [3.05, 3.63) is 36.0 Å². The normalized spacial score (nSPS) is 18.5. The maximum absolute atomic E-state index is 11.9. The quantitative estimate of drug-likeness (QED) is 0.787. The lowest BCUT2D eigenvalue weighted by molar-refractivity contribution is -0.141. The van der Waals surface area contributed by atoms with Crippen LogP contribution in [0.15, 0.2) is 30.3 Å². The van der Waals surface area contributed by atoms with Gasteiger partial charge in [-0.05, 0) is 31.9 Å². The molecule has 0 radical (unpaired) electrons. The molecule has 2 aromatic rings. The van der Waals surface area contributed by atoms with E-state index in [1.165, 1.54) is 7.11 Å². The van der Waals surface area contributed by atoms with Crippen molar-refractivity contribution in [1.82, 2.24) is 4.98 Å². The average Bonchev–Trinajstić information content (AvgIpc) is 2.94. The molecule has 4 nitrogen and oxygen atoms in total. The molecule has 4 heteroatoms. The van der Waals surface area contributed by atoms with E-state index in [9.17, 15) is 4.79 Å². The first-order chi connectivity index (χ1) is 9.70. The summed E-state index contributed by atoms with van der Waals surface area (Å²) in [6.07, 6.45) is 1.86. The molecule has 3 rings (SSSR count). The Balaban J connectivity index is 2.11. The summed E-state index contributed by atoms with van der Waals surface area (Å²) in [4.78, 5) is 18.6. The van der Waals surface area contributed by atoms with Crippen molar-refractivity contribution in [2.45, 2.75) is 25.8 Å². The first-order valence-corrected chi connectivity index (χ1v) is 6.91. The lowest BCUT2D eigenvalue weighted by Gasteiger charge is -2.26. The Morgan fingerprint density at radius 1 is 1.40 bits per heavy atom. The number of aryl methyl sites for hydroxylation is 1. The minimum atomic E-state index is -0.176. The standard InChI is InChI=1S/C16H18N2O2/c1-11-10-15(12-6-3-4-7-13(12)17-11)18-9-5-8-14(18)16(19)20-2/h3-4,6-7,10,14H,5,8-9H2,1-2H3. The van der Waals surface area contributed by atoms with Crippen LogP contribution in [-0.2, 0) is 9.53 Å². The monoisotopic (exact) mass is 270 g/mol. The second-order valence-electron chi connectivity index (χ2n) is 5.17. The first kappa shape index (κ1) is 12.9. The maximum atomic E-state index is 11.9. The molecule has 0 saturated carbocycles. The molecule has 0 bridgehead atoms. The van der Waals surface area contributed by atoms with Crippen LogP contribution in [0.4, 0.5) is 5.69 Å². The summed E-state index contributed by atoms with van der Waals surface area (Å²) >= 11 is 0. The molecule has 1 saturated heterocycles. The molecule has 1 unspecified atom stereocenters. The molecule has 1 aromatic carbocycles. The molecular weight excluding hydrogens is 252 g/mol. The predicted molar refractivity (Wildman–Crippen MR) is 78.9 cm³/mol. The van der Waals surface area contributed by atoms with Crippen LogP contribution >= 0.6 is 0 Å². The first-order valence-electron chi connectivity index (χ1n) is 6.91. The van der Waals surface area contributed by atoms with E-state index in [4.69, 9.17) is 4.74 Å². The number of nitrogens with zero attached hydrogens (tertiary/aromatic N) is 2. The lowest BCUT2D eigenvalue weighted by atomic mass is 10.1. The van der Waals surface area contributed by atoms with Crippen molar-refractivity contribution in [3.63, 3.8) is 0 Å². The lowest BCUT2D eigenvalue weighted by Crippen LogP contribution is -2.37. The molecule has 2 heterocycles. The fourth-order valence-corrected chi connectivity index (χ4v) is 2.96. The number of hydrogen-bond acceptors (Lipinski definition) is 4. The Labute approximate surface area is 118 Å². The van der Waals surface area contributed by atoms with Gasteiger partial charge in [0, 0.05) is 23.3 Å². The van der Waals surface area contributed by atoms with E-state index in [2.05, 4.69) is 22.0 Å². The van der Waals surface area contributed by atoms with E-state index < -0.39 is 0 Å². The van der Waals surface area contributed by atoms with Crippen molar-refractivity contribution >= 4 is 22.6 Å². The van der Waals surface area contributed by atoms with Crippen LogP contribution in [0.3, 0.4) is 0 Å². The zero-order chi connectivity index (χ0) is 14.1. The van der Waals surface area contributed by atoms with Crippen LogP contribution in [0, 0.1) is 6.92 Å². The molecule has 1 aliphatic rings. The molecule has 0 N–H and O–H groups in total. The molecule has 1 atom stereocenters. The second kappa shape index (κ2) is 5.12. The number of methoxy groups -OCH3 is 1. The van der Waals surface area contributed by atoms with Gasteiger partial charge in [-0.1, -0.05) is 18.2 Å². The number of fused-ring (bicyclic) bond motifs is 1. The van der Waals surface area contributed by atoms with Crippen molar-refractivity contribution < 1.29 is 9.53 Å². The number of pyridine rings is 1. The predicted octanol–water partition coefficient (Wildman–Crippen LogP) is 2.69. The third-order valence-corrected chi connectivity index (χ3v) is 3.86. The molecule has 1 aromatic heterocycles. The summed E-state index contributed by atoms with van der Waals surface area (Å²) < 4.78 is 4.93. The number of aromatic nitrogens is 1. The third-order valence-electron chi connectivity index (χ3n) is 3.86. The van der Waals surface area contributed by atoms with Crippen LogP contribution < -0.4 is 4.90 Å². The minimum absolute atomic E-state index is 0.152. The third kappa shape index (κ3) is 2.11. The smallest absolute Gasteiger partial charge is 0.328 e. The molecule has 20 heavy (non-hydrogen) atoms. The Hall–Kier alpha value is -2.10. The molecule has 0 aliphatic carbocycles. The highest BCUT2D eigenvalue weighted by Crippen LogP contribution is 2.32. The Morgan fingerprint density at radius 3 is 3.00 bits per heavy atom. The summed E-state index contributed by atoms with van der Waals surface area (Å²) in [6.45, 7) is 2.87. The van der Waals surface area contributed by atoms with Crippen molar-refractivity contribution in [3.8, 4) is 0 Å². The summed E-state index contributed by atoms with van der Waals surface area (Å²) in [5, 5.41) is 1.09. The Bertz CT molecular complexity index is 654. The minimum Gasteiger partial charge on any atom is -0.467 e. The van der Waals surface area contributed by atoms with Crippen molar-refractivity contribution in [2.75, 3.05) is 18.6 Å². The number of carbonyl (C=O) groups excluding carboxylic acids is 1. The number of esters is 1. The van der Waals surface area contributed by atoms with Gasteiger partial charge >= 0.3 is 5.97 Å². The number of hydrogen-bond donors (Lipinski definition) is 0. The van der Waals surface area contributed by atoms with Gasteiger partial charge in [-0.3, -0.25) is 4.98 Å². The molecule has 1 fully saturated rings. The van der Waals surface area contributed by atoms with E-state index in [-0.39, 0.29) is 12.0 Å². The van der Waals surface area contributed by atoms with E-state index in [1.807, 2.05) is 25.1 Å². The van der Waals surface area contributed by atoms with Crippen molar-refractivity contribution in [2.24, 2.45) is 0 Å². The van der Waals surface area contributed by atoms with Crippen LogP contribution in [0.1, 0.15) is 18.5 Å². The fourth-order valence-electron chi connectivity index (χ4n) is 2.96. The summed E-state index contributed by atoms with van der Waals surface area (Å²) in [5.41, 5.74) is 3.02. The van der Waals surface area contributed by atoms with Gasteiger partial charge in [0.2, 0.25) is 0 Å². The van der Waals surface area contributed by atoms with E-state index >= 15 is 0 Å². The van der Waals surface area contributed by atoms with Gasteiger partial charge in [0.1, 0.15) is 6.04 Å². The molecule has 1 aliphatic heterocycles. The molecular formula is C16H18N2O2. The summed E-state index contributed by atoms with van der Waals surface area (Å²) in [5.74, 6) is -0.152. The van der Waals surface area contributed by atoms with Gasteiger partial charge in [0.25, 0.3) is 0 Å². The number of anilines is 1. The number of rotatable bonds is 2. The highest BCUT2D eigenvalue weighted by Gasteiger charge is 2.32. The fraction of sp³-hybridized carbons (Fsp3) is 0.375. The average molecular weight is 270 g/mol. The Kier molecular flexibility index (Phi) is 3.30. The number of carbonyl (C=O) groups is 1. The van der Waals surface area contributed by atoms with E-state index in [1.54, 1.807) is 0 Å². The Morgan fingerprint density at radius 2 is 2.20 bits per heavy atom. The van der Waals surface area contributed by atoms with Crippen LogP contribution in [0.25, 0.3) is 10.9 Å². The maximum Gasteiger partial charge on any atom is 0.328 e. The number of benzene rings is 1. The SMILES string of the molecule is COC(=O)C1CCCN1c1cc(C)nc2ccccc12. The van der Waals surface area contributed by atoms with Gasteiger partial charge in [-0.25, -0.2) is 4.79 Å². The molecule has 0 spiro atoms. The number of para-hydroxylation sites is 1. The zero-order valence-corrected chi connectivity index (χ0v) is 11.8. The van der Waals surface area contributed by atoms with Crippen LogP contribution in [-0.4, -0.2) is 30.6 Å². The number of ether oxygens (including phenoxy) is 1. The summed E-state index contributed by atoms with van der Waals surface area (Å²) in [6, 6.07) is 9.94. The summed E-state index contributed by atoms with van der Waals surface area (Å²) in [7, 11) is 1.45. The highest BCUT2D eigenvalue weighted by molar-refractivity contribution is 5.94. The van der Waals surface area contributed by atoms with E-state index in [0.717, 1.165) is 41.7 Å². The zero-order valence-electron chi connectivity index (χ0n) is 11.8. The van der Waals surface area contributed by atoms with E-state index in [0.29, 0.717) is 0 Å². The van der Waals surface area contributed by atoms with Gasteiger partial charge in [0.15, 0.2) is 0 Å². The van der Waals surface area contributed by atoms with Gasteiger partial charge < -0.3 is 9.64 Å². The van der Waals surface area contributed by atoms with Crippen LogP contribution in [0.2, 0.25) is 0 Å². The van der Waals surface area contributed by atoms with Gasteiger partial charge in [-0.2, -0.15) is 0 Å². The van der Waals surface area contributed by atoms with Crippen LogP contribution in [0.5, 0.6) is 0 Å². The largest absolute Gasteiger partial charge is 0.467 e. The van der Waals surface area contributed by atoms with Crippen molar-refractivity contribution in [1.29, 1.82) is 0 Å². The second-order valence-corrected chi connectivity index (χ2v) is 5.17. The topological polar surface area (TPSA) is 42.4 Å². The highest BCUT2D eigenvalue weighted by atomic mass is 16.5. The van der Waals surface area contributed by atoms with Gasteiger partial charge in [-0.15, -0.1) is 0 Å². The molecule has 104 valence electrons. The van der Waals surface area contributed by atoms with Gasteiger partial charge in [0.05, 0.1) is 12.6 Å².